The van der Waals surface area contributed by atoms with E-state index in [1.807, 2.05) is 38.9 Å². The van der Waals surface area contributed by atoms with Crippen molar-refractivity contribution >= 4 is 39.6 Å². The zero-order valence-electron chi connectivity index (χ0n) is 14.5. The zero-order chi connectivity index (χ0) is 17.9. The minimum Gasteiger partial charge on any atom is -0.345 e. The summed E-state index contributed by atoms with van der Waals surface area (Å²) >= 11 is 3.12. The number of thiophene rings is 1. The van der Waals surface area contributed by atoms with Crippen molar-refractivity contribution in [3.05, 3.63) is 34.0 Å². The fourth-order valence-corrected chi connectivity index (χ4v) is 5.02. The van der Waals surface area contributed by atoms with Gasteiger partial charge >= 0.3 is 0 Å². The highest BCUT2D eigenvalue weighted by molar-refractivity contribution is 7.13. The molecule has 0 saturated carbocycles. The lowest BCUT2D eigenvalue weighted by atomic mass is 9.95. The van der Waals surface area contributed by atoms with Crippen molar-refractivity contribution in [2.24, 2.45) is 5.92 Å². The standard InChI is InChI=1S/C18H22N4O2S2/c23-16(21-8-10-22(11-9-21)18-19-5-13-26-18)14-3-6-20(7-4-14)17(24)15-2-1-12-25-15/h1-2,5,12-14H,3-4,6-11H2. The van der Waals surface area contributed by atoms with Crippen LogP contribution in [0.2, 0.25) is 0 Å². The number of hydrogen-bond donors (Lipinski definition) is 0. The molecule has 2 saturated heterocycles. The van der Waals surface area contributed by atoms with Crippen LogP contribution >= 0.6 is 22.7 Å². The maximum Gasteiger partial charge on any atom is 0.263 e. The van der Waals surface area contributed by atoms with Gasteiger partial charge in [-0.3, -0.25) is 9.59 Å². The summed E-state index contributed by atoms with van der Waals surface area (Å²) in [4.78, 5) is 36.5. The molecule has 2 aromatic heterocycles. The summed E-state index contributed by atoms with van der Waals surface area (Å²) in [5, 5.41) is 4.95. The molecule has 4 heterocycles. The molecule has 2 aromatic rings. The van der Waals surface area contributed by atoms with Crippen LogP contribution in [-0.4, -0.2) is 65.9 Å². The smallest absolute Gasteiger partial charge is 0.263 e. The van der Waals surface area contributed by atoms with Crippen LogP contribution in [0.3, 0.4) is 0 Å². The molecular weight excluding hydrogens is 368 g/mol. The van der Waals surface area contributed by atoms with Crippen LogP contribution in [0.1, 0.15) is 22.5 Å². The third-order valence-corrected chi connectivity index (χ3v) is 6.83. The minimum atomic E-state index is 0.0498. The Bertz CT molecular complexity index is 731. The second kappa shape index (κ2) is 7.75. The number of anilines is 1. The van der Waals surface area contributed by atoms with Gasteiger partial charge in [-0.1, -0.05) is 6.07 Å². The second-order valence-corrected chi connectivity index (χ2v) is 8.49. The fourth-order valence-electron chi connectivity index (χ4n) is 3.63. The van der Waals surface area contributed by atoms with Crippen LogP contribution in [0.15, 0.2) is 29.1 Å². The number of aromatic nitrogens is 1. The van der Waals surface area contributed by atoms with Gasteiger partial charge in [0.25, 0.3) is 5.91 Å². The molecule has 26 heavy (non-hydrogen) atoms. The van der Waals surface area contributed by atoms with Crippen molar-refractivity contribution in [2.45, 2.75) is 12.8 Å². The number of carbonyl (C=O) groups is 2. The van der Waals surface area contributed by atoms with E-state index in [2.05, 4.69) is 9.88 Å². The molecule has 2 amide bonds. The van der Waals surface area contributed by atoms with Crippen LogP contribution in [0, 0.1) is 5.92 Å². The Kier molecular flexibility index (Phi) is 5.21. The summed E-state index contributed by atoms with van der Waals surface area (Å²) < 4.78 is 0. The summed E-state index contributed by atoms with van der Waals surface area (Å²) in [5.41, 5.74) is 0. The largest absolute Gasteiger partial charge is 0.345 e. The summed E-state index contributed by atoms with van der Waals surface area (Å²) in [6.07, 6.45) is 3.36. The van der Waals surface area contributed by atoms with Gasteiger partial charge in [0.1, 0.15) is 0 Å². The van der Waals surface area contributed by atoms with Crippen molar-refractivity contribution in [2.75, 3.05) is 44.2 Å². The first-order valence-electron chi connectivity index (χ1n) is 8.98. The third kappa shape index (κ3) is 3.61. The Hall–Kier alpha value is -1.93. The van der Waals surface area contributed by atoms with Crippen LogP contribution in [0.5, 0.6) is 0 Å². The fraction of sp³-hybridized carbons (Fsp3) is 0.500. The number of thiazole rings is 1. The van der Waals surface area contributed by atoms with Crippen molar-refractivity contribution < 1.29 is 9.59 Å². The van der Waals surface area contributed by atoms with Crippen molar-refractivity contribution in [1.29, 1.82) is 0 Å². The topological polar surface area (TPSA) is 56.8 Å². The van der Waals surface area contributed by atoms with E-state index in [-0.39, 0.29) is 17.7 Å². The lowest BCUT2D eigenvalue weighted by molar-refractivity contribution is -0.137. The van der Waals surface area contributed by atoms with E-state index < -0.39 is 0 Å². The van der Waals surface area contributed by atoms with Crippen LogP contribution < -0.4 is 4.90 Å². The van der Waals surface area contributed by atoms with E-state index in [1.165, 1.54) is 11.3 Å². The molecule has 0 aliphatic carbocycles. The van der Waals surface area contributed by atoms with Gasteiger partial charge in [0, 0.05) is 56.8 Å². The van der Waals surface area contributed by atoms with Gasteiger partial charge in [-0.15, -0.1) is 22.7 Å². The molecular formula is C18H22N4O2S2. The predicted octanol–water partition coefficient (Wildman–Crippen LogP) is 2.41. The van der Waals surface area contributed by atoms with Crippen molar-refractivity contribution in [3.63, 3.8) is 0 Å². The molecule has 8 heteroatoms. The molecule has 0 atom stereocenters. The van der Waals surface area contributed by atoms with Gasteiger partial charge in [-0.2, -0.15) is 0 Å². The molecule has 2 fully saturated rings. The highest BCUT2D eigenvalue weighted by Gasteiger charge is 2.32. The average molecular weight is 391 g/mol. The van der Waals surface area contributed by atoms with Crippen molar-refractivity contribution in [1.82, 2.24) is 14.8 Å². The number of rotatable bonds is 3. The van der Waals surface area contributed by atoms with Gasteiger partial charge in [0.2, 0.25) is 5.91 Å². The highest BCUT2D eigenvalue weighted by atomic mass is 32.1. The maximum atomic E-state index is 12.8. The van der Waals surface area contributed by atoms with Crippen molar-refractivity contribution in [3.8, 4) is 0 Å². The van der Waals surface area contributed by atoms with E-state index in [0.29, 0.717) is 13.1 Å². The molecule has 0 spiro atoms. The van der Waals surface area contributed by atoms with E-state index in [1.54, 1.807) is 11.3 Å². The molecule has 2 aliphatic heterocycles. The minimum absolute atomic E-state index is 0.0498. The highest BCUT2D eigenvalue weighted by Crippen LogP contribution is 2.24. The van der Waals surface area contributed by atoms with Crippen LogP contribution in [-0.2, 0) is 4.79 Å². The quantitative estimate of drug-likeness (QED) is 0.808. The van der Waals surface area contributed by atoms with Gasteiger partial charge in [0.05, 0.1) is 4.88 Å². The Morgan fingerprint density at radius 2 is 1.73 bits per heavy atom. The van der Waals surface area contributed by atoms with Gasteiger partial charge < -0.3 is 14.7 Å². The number of carbonyl (C=O) groups excluding carboxylic acids is 2. The average Bonchev–Trinajstić information content (AvgIpc) is 3.41. The zero-order valence-corrected chi connectivity index (χ0v) is 16.2. The number of nitrogens with zero attached hydrogens (tertiary/aromatic N) is 4. The third-order valence-electron chi connectivity index (χ3n) is 5.14. The van der Waals surface area contributed by atoms with Gasteiger partial charge in [-0.25, -0.2) is 4.98 Å². The van der Waals surface area contributed by atoms with E-state index >= 15 is 0 Å². The first-order valence-corrected chi connectivity index (χ1v) is 10.7. The van der Waals surface area contributed by atoms with E-state index in [4.69, 9.17) is 0 Å². The Morgan fingerprint density at radius 1 is 0.962 bits per heavy atom. The summed E-state index contributed by atoms with van der Waals surface area (Å²) in [6, 6.07) is 3.77. The second-order valence-electron chi connectivity index (χ2n) is 6.67. The molecule has 138 valence electrons. The summed E-state index contributed by atoms with van der Waals surface area (Å²) in [7, 11) is 0. The lowest BCUT2D eigenvalue weighted by Gasteiger charge is -2.38. The number of piperazine rings is 1. The first-order chi connectivity index (χ1) is 12.7. The molecule has 6 nitrogen and oxygen atoms in total. The molecule has 0 radical (unpaired) electrons. The molecule has 0 unspecified atom stereocenters. The summed E-state index contributed by atoms with van der Waals surface area (Å²) in [5.74, 6) is 0.406. The number of amides is 2. The number of hydrogen-bond acceptors (Lipinski definition) is 6. The SMILES string of the molecule is O=C(c1cccs1)N1CCC(C(=O)N2CCN(c3nccs3)CC2)CC1. The normalized spacial score (nSPS) is 19.0. The van der Waals surface area contributed by atoms with Gasteiger partial charge in [-0.05, 0) is 24.3 Å². The molecule has 4 rings (SSSR count). The Balaban J connectivity index is 1.27. The van der Waals surface area contributed by atoms with Crippen LogP contribution in [0.25, 0.3) is 0 Å². The predicted molar refractivity (Wildman–Crippen MR) is 104 cm³/mol. The number of likely N-dealkylation sites (tertiary alicyclic amines) is 1. The van der Waals surface area contributed by atoms with Gasteiger partial charge in [0.15, 0.2) is 5.13 Å². The first kappa shape index (κ1) is 17.5. The molecule has 0 N–H and O–H groups in total. The Morgan fingerprint density at radius 3 is 2.35 bits per heavy atom. The maximum absolute atomic E-state index is 12.8. The number of piperidine rings is 1. The van der Waals surface area contributed by atoms with E-state index in [0.717, 1.165) is 49.0 Å². The molecule has 0 aromatic carbocycles. The lowest BCUT2D eigenvalue weighted by Crippen LogP contribution is -2.52. The summed E-state index contributed by atoms with van der Waals surface area (Å²) in [6.45, 7) is 4.54. The molecule has 2 aliphatic rings. The van der Waals surface area contributed by atoms with E-state index in [9.17, 15) is 9.59 Å². The molecule has 0 bridgehead atoms. The Labute approximate surface area is 161 Å². The monoisotopic (exact) mass is 390 g/mol. The van der Waals surface area contributed by atoms with Crippen LogP contribution in [0.4, 0.5) is 5.13 Å².